The van der Waals surface area contributed by atoms with Gasteiger partial charge in [-0.15, -0.1) is 0 Å². The highest BCUT2D eigenvalue weighted by molar-refractivity contribution is 5.30. The van der Waals surface area contributed by atoms with Gasteiger partial charge in [0.1, 0.15) is 11.5 Å². The molecule has 0 radical (unpaired) electrons. The van der Waals surface area contributed by atoms with Gasteiger partial charge in [0.2, 0.25) is 0 Å². The average molecular weight is 287 g/mol. The maximum atomic E-state index is 9.69. The number of benzene rings is 1. The van der Waals surface area contributed by atoms with Crippen LogP contribution in [0.5, 0.6) is 5.75 Å². The van der Waals surface area contributed by atoms with Gasteiger partial charge < -0.3 is 9.84 Å². The second-order valence-corrected chi connectivity index (χ2v) is 7.90. The van der Waals surface area contributed by atoms with Crippen molar-refractivity contribution in [2.24, 2.45) is 16.7 Å². The molecule has 114 valence electrons. The highest BCUT2D eigenvalue weighted by Crippen LogP contribution is 2.71. The first kappa shape index (κ1) is 13.6. The molecule has 3 fully saturated rings. The Morgan fingerprint density at radius 2 is 2.10 bits per heavy atom. The van der Waals surface area contributed by atoms with Gasteiger partial charge in [-0.05, 0) is 48.3 Å². The number of rotatable bonds is 1. The summed E-state index contributed by atoms with van der Waals surface area (Å²) < 4.78 is 6.60. The Morgan fingerprint density at radius 3 is 2.71 bits per heavy atom. The molecule has 1 spiro atoms. The van der Waals surface area contributed by atoms with E-state index in [1.807, 2.05) is 18.2 Å². The molecule has 1 aliphatic heterocycles. The molecule has 2 saturated carbocycles. The fraction of sp³-hybridized carbons (Fsp3) is 0.667. The number of ether oxygens (including phenoxy) is 1. The van der Waals surface area contributed by atoms with Crippen LogP contribution >= 0.6 is 0 Å². The molecule has 2 N–H and O–H groups in total. The minimum atomic E-state index is -0.185. The monoisotopic (exact) mass is 287 g/mol. The molecule has 3 nitrogen and oxygen atoms in total. The maximum Gasteiger partial charge on any atom is 0.126 e. The van der Waals surface area contributed by atoms with Gasteiger partial charge in [-0.25, -0.2) is 0 Å². The fourth-order valence-electron chi connectivity index (χ4n) is 5.19. The van der Waals surface area contributed by atoms with Crippen LogP contribution in [-0.2, 0) is 4.74 Å². The summed E-state index contributed by atoms with van der Waals surface area (Å²) >= 11 is 0. The molecule has 2 bridgehead atoms. The number of aromatic hydroxyl groups is 1. The molecule has 0 aromatic heterocycles. The lowest BCUT2D eigenvalue weighted by molar-refractivity contribution is -0.141. The lowest BCUT2D eigenvalue weighted by Gasteiger charge is -2.46. The lowest BCUT2D eigenvalue weighted by Crippen LogP contribution is -2.54. The Bertz CT molecular complexity index is 584. The molecule has 1 aromatic carbocycles. The van der Waals surface area contributed by atoms with Crippen LogP contribution in [0.4, 0.5) is 0 Å². The number of hydrogen-bond acceptors (Lipinski definition) is 3. The SMILES string of the molecule is CC1(C)C2CCC1(C)C1(C2)NCC(c2cccc(O)c2)O1. The van der Waals surface area contributed by atoms with Crippen molar-refractivity contribution in [2.75, 3.05) is 6.54 Å². The van der Waals surface area contributed by atoms with Crippen LogP contribution in [0.1, 0.15) is 51.7 Å². The summed E-state index contributed by atoms with van der Waals surface area (Å²) in [5.41, 5.74) is 1.41. The molecular weight excluding hydrogens is 262 g/mol. The van der Waals surface area contributed by atoms with Crippen molar-refractivity contribution in [3.05, 3.63) is 29.8 Å². The van der Waals surface area contributed by atoms with E-state index in [4.69, 9.17) is 4.74 Å². The molecule has 3 aliphatic rings. The maximum absolute atomic E-state index is 9.69. The van der Waals surface area contributed by atoms with E-state index < -0.39 is 0 Å². The molecular formula is C18H25NO2. The van der Waals surface area contributed by atoms with Gasteiger partial charge in [0, 0.05) is 12.0 Å². The summed E-state index contributed by atoms with van der Waals surface area (Å²) in [7, 11) is 0. The number of hydrogen-bond donors (Lipinski definition) is 2. The Kier molecular flexibility index (Phi) is 2.60. The zero-order valence-corrected chi connectivity index (χ0v) is 13.1. The van der Waals surface area contributed by atoms with Crippen molar-refractivity contribution in [2.45, 2.75) is 51.9 Å². The summed E-state index contributed by atoms with van der Waals surface area (Å²) in [6, 6.07) is 7.48. The van der Waals surface area contributed by atoms with Crippen LogP contribution in [0.15, 0.2) is 24.3 Å². The molecule has 3 heteroatoms. The number of phenolic OH excluding ortho intramolecular Hbond substituents is 1. The Hall–Kier alpha value is -1.06. The molecule has 2 aliphatic carbocycles. The highest BCUT2D eigenvalue weighted by Gasteiger charge is 2.71. The van der Waals surface area contributed by atoms with E-state index >= 15 is 0 Å². The number of fused-ring (bicyclic) bond motifs is 3. The predicted octanol–water partition coefficient (Wildman–Crippen LogP) is 3.60. The summed E-state index contributed by atoms with van der Waals surface area (Å²) in [5, 5.41) is 13.4. The van der Waals surface area contributed by atoms with Crippen LogP contribution in [0, 0.1) is 16.7 Å². The van der Waals surface area contributed by atoms with Crippen molar-refractivity contribution in [3.63, 3.8) is 0 Å². The zero-order valence-electron chi connectivity index (χ0n) is 13.1. The molecule has 21 heavy (non-hydrogen) atoms. The fourth-order valence-corrected chi connectivity index (χ4v) is 5.19. The highest BCUT2D eigenvalue weighted by atomic mass is 16.5. The second-order valence-electron chi connectivity index (χ2n) is 7.90. The minimum Gasteiger partial charge on any atom is -0.508 e. The van der Waals surface area contributed by atoms with E-state index in [0.717, 1.165) is 24.4 Å². The van der Waals surface area contributed by atoms with E-state index in [9.17, 15) is 5.11 Å². The molecule has 4 atom stereocenters. The first-order valence-electron chi connectivity index (χ1n) is 8.10. The van der Waals surface area contributed by atoms with Crippen LogP contribution in [0.2, 0.25) is 0 Å². The summed E-state index contributed by atoms with van der Waals surface area (Å²) in [6.45, 7) is 8.05. The Morgan fingerprint density at radius 1 is 1.29 bits per heavy atom. The van der Waals surface area contributed by atoms with Gasteiger partial charge in [-0.1, -0.05) is 32.9 Å². The van der Waals surface area contributed by atoms with Gasteiger partial charge in [0.05, 0.1) is 6.10 Å². The van der Waals surface area contributed by atoms with Gasteiger partial charge in [0.25, 0.3) is 0 Å². The van der Waals surface area contributed by atoms with E-state index in [0.29, 0.717) is 11.2 Å². The quantitative estimate of drug-likeness (QED) is 0.829. The van der Waals surface area contributed by atoms with Crippen molar-refractivity contribution < 1.29 is 9.84 Å². The normalized spacial score (nSPS) is 43.8. The first-order chi connectivity index (χ1) is 9.88. The van der Waals surface area contributed by atoms with E-state index in [1.54, 1.807) is 6.07 Å². The van der Waals surface area contributed by atoms with Gasteiger partial charge in [0.15, 0.2) is 0 Å². The van der Waals surface area contributed by atoms with Crippen LogP contribution in [0.3, 0.4) is 0 Å². The lowest BCUT2D eigenvalue weighted by atomic mass is 9.67. The number of nitrogens with one attached hydrogen (secondary N) is 1. The second kappa shape index (κ2) is 4.02. The third-order valence-corrected chi connectivity index (χ3v) is 7.02. The topological polar surface area (TPSA) is 41.5 Å². The van der Waals surface area contributed by atoms with Crippen LogP contribution in [0.25, 0.3) is 0 Å². The largest absolute Gasteiger partial charge is 0.508 e. The standard InChI is InChI=1S/C18H25NO2/c1-16(2)13-7-8-17(16,3)18(10-13)19-11-15(21-18)12-5-4-6-14(20)9-12/h4-6,9,13,15,19-20H,7-8,10-11H2,1-3H3. The summed E-state index contributed by atoms with van der Waals surface area (Å²) in [5.74, 6) is 1.06. The molecule has 0 amide bonds. The van der Waals surface area contributed by atoms with E-state index in [1.165, 1.54) is 12.8 Å². The van der Waals surface area contributed by atoms with Gasteiger partial charge >= 0.3 is 0 Å². The third-order valence-electron chi connectivity index (χ3n) is 7.02. The Labute approximate surface area is 126 Å². The predicted molar refractivity (Wildman–Crippen MR) is 81.9 cm³/mol. The van der Waals surface area contributed by atoms with Crippen molar-refractivity contribution in [1.82, 2.24) is 5.32 Å². The van der Waals surface area contributed by atoms with Crippen LogP contribution in [-0.4, -0.2) is 17.4 Å². The van der Waals surface area contributed by atoms with Gasteiger partial charge in [-0.3, -0.25) is 5.32 Å². The van der Waals surface area contributed by atoms with E-state index in [-0.39, 0.29) is 17.2 Å². The molecule has 1 saturated heterocycles. The molecule has 1 aromatic rings. The first-order valence-corrected chi connectivity index (χ1v) is 8.10. The smallest absolute Gasteiger partial charge is 0.126 e. The van der Waals surface area contributed by atoms with Crippen molar-refractivity contribution >= 4 is 0 Å². The zero-order chi connectivity index (χ0) is 14.9. The summed E-state index contributed by atoms with van der Waals surface area (Å²) in [6.07, 6.45) is 3.73. The minimum absolute atomic E-state index is 0.0454. The van der Waals surface area contributed by atoms with Crippen molar-refractivity contribution in [3.8, 4) is 5.75 Å². The van der Waals surface area contributed by atoms with Crippen molar-refractivity contribution in [1.29, 1.82) is 0 Å². The Balaban J connectivity index is 1.65. The average Bonchev–Trinajstić information content (AvgIpc) is 3.00. The molecule has 4 rings (SSSR count). The van der Waals surface area contributed by atoms with Crippen LogP contribution < -0.4 is 5.32 Å². The third kappa shape index (κ3) is 1.56. The number of phenols is 1. The molecule has 1 heterocycles. The van der Waals surface area contributed by atoms with Gasteiger partial charge in [-0.2, -0.15) is 0 Å². The summed E-state index contributed by atoms with van der Waals surface area (Å²) in [4.78, 5) is 0. The van der Waals surface area contributed by atoms with E-state index in [2.05, 4.69) is 26.1 Å². The molecule has 4 unspecified atom stereocenters.